The Bertz CT molecular complexity index is 1780. The van der Waals surface area contributed by atoms with Crippen LogP contribution in [0.1, 0.15) is 18.1 Å². The number of aromatic nitrogens is 1. The van der Waals surface area contributed by atoms with Crippen LogP contribution in [0.15, 0.2) is 88.3 Å². The standard InChI is InChI=1S/C29H22N4O7/c1-3-38-28-14-19(8-11-27(28)39-26-12-9-22(32(34)35)16-24(26)33(36)37)17-30-21-6-4-5-20(15-21)29-31-23-13-18(2)7-10-25(23)40-29/h4-17H,3H2,1-2H3. The third kappa shape index (κ3) is 5.63. The number of hydrogen-bond acceptors (Lipinski definition) is 9. The van der Waals surface area contributed by atoms with Crippen LogP contribution in [-0.2, 0) is 0 Å². The zero-order valence-electron chi connectivity index (χ0n) is 21.4. The van der Waals surface area contributed by atoms with Crippen LogP contribution in [0.25, 0.3) is 22.6 Å². The molecule has 0 saturated heterocycles. The van der Waals surface area contributed by atoms with Crippen LogP contribution in [0.3, 0.4) is 0 Å². The van der Waals surface area contributed by atoms with Crippen molar-refractivity contribution in [1.82, 2.24) is 4.98 Å². The Morgan fingerprint density at radius 2 is 1.75 bits per heavy atom. The first-order valence-corrected chi connectivity index (χ1v) is 12.2. The van der Waals surface area contributed by atoms with E-state index in [9.17, 15) is 20.2 Å². The van der Waals surface area contributed by atoms with Crippen molar-refractivity contribution in [1.29, 1.82) is 0 Å². The summed E-state index contributed by atoms with van der Waals surface area (Å²) in [7, 11) is 0. The van der Waals surface area contributed by atoms with Crippen LogP contribution in [-0.4, -0.2) is 27.7 Å². The molecule has 0 radical (unpaired) electrons. The lowest BCUT2D eigenvalue weighted by atomic mass is 10.2. The number of aryl methyl sites for hydroxylation is 1. The molecule has 0 atom stereocenters. The highest BCUT2D eigenvalue weighted by atomic mass is 16.6. The number of ether oxygens (including phenoxy) is 2. The number of rotatable bonds is 9. The van der Waals surface area contributed by atoms with Crippen molar-refractivity contribution in [3.8, 4) is 28.7 Å². The maximum absolute atomic E-state index is 11.5. The third-order valence-corrected chi connectivity index (χ3v) is 5.84. The van der Waals surface area contributed by atoms with E-state index in [1.807, 2.05) is 49.4 Å². The van der Waals surface area contributed by atoms with Crippen LogP contribution in [0.2, 0.25) is 0 Å². The minimum atomic E-state index is -0.736. The normalized spacial score (nSPS) is 11.2. The van der Waals surface area contributed by atoms with Gasteiger partial charge in [0.2, 0.25) is 11.6 Å². The quantitative estimate of drug-likeness (QED) is 0.106. The van der Waals surface area contributed by atoms with Gasteiger partial charge in [0, 0.05) is 17.8 Å². The molecule has 1 heterocycles. The monoisotopic (exact) mass is 538 g/mol. The molecule has 0 spiro atoms. The van der Waals surface area contributed by atoms with E-state index in [1.165, 1.54) is 6.07 Å². The number of hydrogen-bond donors (Lipinski definition) is 0. The molecule has 1 aromatic heterocycles. The molecule has 4 aromatic carbocycles. The fourth-order valence-corrected chi connectivity index (χ4v) is 3.95. The molecule has 11 heteroatoms. The molecular formula is C29H22N4O7. The smallest absolute Gasteiger partial charge is 0.318 e. The highest BCUT2D eigenvalue weighted by Crippen LogP contribution is 2.38. The maximum Gasteiger partial charge on any atom is 0.318 e. The second kappa shape index (κ2) is 11.0. The number of nitro benzene ring substituents is 2. The summed E-state index contributed by atoms with van der Waals surface area (Å²) in [4.78, 5) is 30.2. The molecule has 0 aliphatic carbocycles. The van der Waals surface area contributed by atoms with Crippen LogP contribution in [0.4, 0.5) is 17.1 Å². The zero-order valence-corrected chi connectivity index (χ0v) is 21.4. The first-order chi connectivity index (χ1) is 19.3. The number of fused-ring (bicyclic) bond motifs is 1. The third-order valence-electron chi connectivity index (χ3n) is 5.84. The summed E-state index contributed by atoms with van der Waals surface area (Å²) in [6.45, 7) is 4.10. The molecule has 0 saturated carbocycles. The fraction of sp³-hybridized carbons (Fsp3) is 0.103. The number of non-ortho nitro benzene ring substituents is 1. The average molecular weight is 539 g/mol. The molecule has 0 bridgehead atoms. The highest BCUT2D eigenvalue weighted by Gasteiger charge is 2.22. The van der Waals surface area contributed by atoms with Gasteiger partial charge in [0.05, 0.1) is 28.2 Å². The lowest BCUT2D eigenvalue weighted by Gasteiger charge is -2.12. The van der Waals surface area contributed by atoms with Gasteiger partial charge in [-0.15, -0.1) is 0 Å². The van der Waals surface area contributed by atoms with E-state index >= 15 is 0 Å². The molecular weight excluding hydrogens is 516 g/mol. The molecule has 5 rings (SSSR count). The van der Waals surface area contributed by atoms with E-state index in [-0.39, 0.29) is 11.5 Å². The Labute approximate surface area is 227 Å². The summed E-state index contributed by atoms with van der Waals surface area (Å²) >= 11 is 0. The summed E-state index contributed by atoms with van der Waals surface area (Å²) in [5, 5.41) is 22.5. The molecule has 0 unspecified atom stereocenters. The number of aliphatic imine (C=N–C) groups is 1. The van der Waals surface area contributed by atoms with Crippen LogP contribution in [0.5, 0.6) is 17.2 Å². The van der Waals surface area contributed by atoms with Crippen molar-refractivity contribution in [2.45, 2.75) is 13.8 Å². The Morgan fingerprint density at radius 1 is 0.925 bits per heavy atom. The van der Waals surface area contributed by atoms with E-state index in [0.717, 1.165) is 28.8 Å². The maximum atomic E-state index is 11.5. The van der Waals surface area contributed by atoms with E-state index < -0.39 is 21.2 Å². The van der Waals surface area contributed by atoms with Gasteiger partial charge in [-0.25, -0.2) is 4.98 Å². The van der Waals surface area contributed by atoms with E-state index in [4.69, 9.17) is 13.9 Å². The number of benzene rings is 4. The van der Waals surface area contributed by atoms with Crippen LogP contribution in [0, 0.1) is 27.2 Å². The Kier molecular flexibility index (Phi) is 7.18. The Balaban J connectivity index is 1.40. The predicted octanol–water partition coefficient (Wildman–Crippen LogP) is 7.56. The van der Waals surface area contributed by atoms with Gasteiger partial charge in [-0.2, -0.15) is 0 Å². The summed E-state index contributed by atoms with van der Waals surface area (Å²) in [5.74, 6) is 0.890. The van der Waals surface area contributed by atoms with Crippen molar-refractivity contribution in [3.63, 3.8) is 0 Å². The van der Waals surface area contributed by atoms with E-state index in [0.29, 0.717) is 35.1 Å². The molecule has 200 valence electrons. The molecule has 0 N–H and O–H groups in total. The molecule has 11 nitrogen and oxygen atoms in total. The van der Waals surface area contributed by atoms with Crippen molar-refractivity contribution < 1.29 is 23.7 Å². The van der Waals surface area contributed by atoms with Gasteiger partial charge in [-0.05, 0) is 79.6 Å². The lowest BCUT2D eigenvalue weighted by molar-refractivity contribution is -0.394. The summed E-state index contributed by atoms with van der Waals surface area (Å²) < 4.78 is 17.3. The number of oxazole rings is 1. The first kappa shape index (κ1) is 26.0. The minimum absolute atomic E-state index is 0.149. The minimum Gasteiger partial charge on any atom is -0.490 e. The summed E-state index contributed by atoms with van der Waals surface area (Å²) in [6, 6.07) is 21.5. The largest absolute Gasteiger partial charge is 0.490 e. The first-order valence-electron chi connectivity index (χ1n) is 12.2. The van der Waals surface area contributed by atoms with E-state index in [2.05, 4.69) is 9.98 Å². The van der Waals surface area contributed by atoms with Gasteiger partial charge in [-0.1, -0.05) is 12.1 Å². The Morgan fingerprint density at radius 3 is 2.52 bits per heavy atom. The van der Waals surface area contributed by atoms with Crippen molar-refractivity contribution in [2.75, 3.05) is 6.61 Å². The van der Waals surface area contributed by atoms with Crippen LogP contribution >= 0.6 is 0 Å². The zero-order chi connectivity index (χ0) is 28.2. The van der Waals surface area contributed by atoms with Gasteiger partial charge in [-0.3, -0.25) is 25.2 Å². The van der Waals surface area contributed by atoms with Crippen molar-refractivity contribution in [3.05, 3.63) is 110 Å². The van der Waals surface area contributed by atoms with Crippen LogP contribution < -0.4 is 9.47 Å². The highest BCUT2D eigenvalue weighted by molar-refractivity contribution is 5.84. The molecule has 0 amide bonds. The average Bonchev–Trinajstić information content (AvgIpc) is 3.37. The molecule has 40 heavy (non-hydrogen) atoms. The topological polar surface area (TPSA) is 143 Å². The summed E-state index contributed by atoms with van der Waals surface area (Å²) in [6.07, 6.45) is 1.65. The van der Waals surface area contributed by atoms with E-state index in [1.54, 1.807) is 31.3 Å². The van der Waals surface area contributed by atoms with Gasteiger partial charge < -0.3 is 13.9 Å². The van der Waals surface area contributed by atoms with Gasteiger partial charge in [0.1, 0.15) is 5.52 Å². The second-order valence-corrected chi connectivity index (χ2v) is 8.71. The lowest BCUT2D eigenvalue weighted by Crippen LogP contribution is -1.99. The SMILES string of the molecule is CCOc1cc(C=Nc2cccc(-c3nc4cc(C)ccc4o3)c2)ccc1Oc1ccc([N+](=O)[O-])cc1[N+](=O)[O-]. The Hall–Kier alpha value is -5.58. The predicted molar refractivity (Wildman–Crippen MR) is 149 cm³/mol. The summed E-state index contributed by atoms with van der Waals surface area (Å²) in [5.41, 5.74) is 3.80. The van der Waals surface area contributed by atoms with Crippen molar-refractivity contribution in [2.24, 2.45) is 4.99 Å². The van der Waals surface area contributed by atoms with Gasteiger partial charge in [0.25, 0.3) is 5.69 Å². The fourth-order valence-electron chi connectivity index (χ4n) is 3.95. The number of nitrogens with zero attached hydrogens (tertiary/aromatic N) is 4. The molecule has 0 aliphatic heterocycles. The second-order valence-electron chi connectivity index (χ2n) is 8.71. The number of nitro groups is 2. The molecule has 5 aromatic rings. The molecule has 0 aliphatic rings. The molecule has 0 fully saturated rings. The van der Waals surface area contributed by atoms with Gasteiger partial charge >= 0.3 is 5.69 Å². The van der Waals surface area contributed by atoms with Crippen molar-refractivity contribution >= 4 is 34.4 Å². The van der Waals surface area contributed by atoms with Gasteiger partial charge in [0.15, 0.2) is 17.1 Å².